The Morgan fingerprint density at radius 3 is 2.89 bits per heavy atom. The van der Waals surface area contributed by atoms with Crippen LogP contribution in [0.15, 0.2) is 12.4 Å². The van der Waals surface area contributed by atoms with E-state index in [4.69, 9.17) is 4.74 Å². The fraction of sp³-hybridized carbons (Fsp3) is 0.692. The number of nitrogens with one attached hydrogen (secondary N) is 1. The summed E-state index contributed by atoms with van der Waals surface area (Å²) in [5.74, 6) is 0.817. The maximum atomic E-state index is 5.41. The van der Waals surface area contributed by atoms with E-state index in [-0.39, 0.29) is 0 Å². The number of anilines is 1. The summed E-state index contributed by atoms with van der Waals surface area (Å²) >= 11 is 0. The maximum absolute atomic E-state index is 5.41. The molecule has 1 aliphatic rings. The molecule has 0 aliphatic carbocycles. The molecule has 1 N–H and O–H groups in total. The van der Waals surface area contributed by atoms with Crippen molar-refractivity contribution >= 4 is 5.95 Å². The lowest BCUT2D eigenvalue weighted by atomic mass is 10.1. The van der Waals surface area contributed by atoms with Crippen molar-refractivity contribution in [3.05, 3.63) is 18.0 Å². The number of hydrogen-bond acceptors (Lipinski definition) is 5. The summed E-state index contributed by atoms with van der Waals surface area (Å²) < 4.78 is 5.41. The Morgan fingerprint density at radius 1 is 1.44 bits per heavy atom. The van der Waals surface area contributed by atoms with Crippen LogP contribution in [0.2, 0.25) is 0 Å². The van der Waals surface area contributed by atoms with Gasteiger partial charge in [0.25, 0.3) is 0 Å². The summed E-state index contributed by atoms with van der Waals surface area (Å²) in [6.45, 7) is 5.80. The number of methoxy groups -OCH3 is 1. The molecule has 2 rings (SSSR count). The molecule has 1 fully saturated rings. The Kier molecular flexibility index (Phi) is 4.90. The summed E-state index contributed by atoms with van der Waals surface area (Å²) in [7, 11) is 1.77. The van der Waals surface area contributed by atoms with Crippen molar-refractivity contribution in [3.63, 3.8) is 0 Å². The van der Waals surface area contributed by atoms with E-state index in [1.165, 1.54) is 0 Å². The van der Waals surface area contributed by atoms with Crippen LogP contribution in [0, 0.1) is 0 Å². The summed E-state index contributed by atoms with van der Waals surface area (Å²) in [6, 6.07) is 0. The smallest absolute Gasteiger partial charge is 0.225 e. The molecule has 1 aromatic heterocycles. The Hall–Kier alpha value is -1.20. The number of nitrogens with zero attached hydrogens (tertiary/aromatic N) is 3. The van der Waals surface area contributed by atoms with Crippen molar-refractivity contribution in [3.8, 4) is 0 Å². The van der Waals surface area contributed by atoms with Gasteiger partial charge in [-0.3, -0.25) is 0 Å². The van der Waals surface area contributed by atoms with Crippen LogP contribution in [-0.4, -0.2) is 42.8 Å². The lowest BCUT2D eigenvalue weighted by molar-refractivity contribution is 0.0889. The van der Waals surface area contributed by atoms with Crippen molar-refractivity contribution in [1.82, 2.24) is 15.3 Å². The Morgan fingerprint density at radius 2 is 2.22 bits per heavy atom. The molecule has 1 aromatic rings. The quantitative estimate of drug-likeness (QED) is 0.851. The van der Waals surface area contributed by atoms with Gasteiger partial charge in [-0.05, 0) is 19.4 Å². The van der Waals surface area contributed by atoms with E-state index in [2.05, 4.69) is 27.1 Å². The summed E-state index contributed by atoms with van der Waals surface area (Å²) in [4.78, 5) is 11.1. The van der Waals surface area contributed by atoms with Gasteiger partial charge in [-0.25, -0.2) is 9.97 Å². The third-order valence-electron chi connectivity index (χ3n) is 3.27. The molecule has 1 atom stereocenters. The van der Waals surface area contributed by atoms with E-state index >= 15 is 0 Å². The van der Waals surface area contributed by atoms with Gasteiger partial charge in [0.1, 0.15) is 0 Å². The molecule has 0 amide bonds. The van der Waals surface area contributed by atoms with Crippen molar-refractivity contribution in [2.45, 2.75) is 32.4 Å². The molecule has 0 aromatic carbocycles. The maximum Gasteiger partial charge on any atom is 0.225 e. The molecule has 0 spiro atoms. The first-order valence-electron chi connectivity index (χ1n) is 6.63. The zero-order valence-corrected chi connectivity index (χ0v) is 11.2. The van der Waals surface area contributed by atoms with Gasteiger partial charge >= 0.3 is 0 Å². The van der Waals surface area contributed by atoms with E-state index in [1.807, 2.05) is 12.4 Å². The number of ether oxygens (including phenoxy) is 1. The van der Waals surface area contributed by atoms with Crippen molar-refractivity contribution < 1.29 is 4.74 Å². The van der Waals surface area contributed by atoms with Gasteiger partial charge in [-0.1, -0.05) is 6.92 Å². The van der Waals surface area contributed by atoms with Gasteiger partial charge in [0.05, 0.1) is 6.10 Å². The van der Waals surface area contributed by atoms with E-state index in [0.717, 1.165) is 50.5 Å². The topological polar surface area (TPSA) is 50.3 Å². The van der Waals surface area contributed by atoms with Crippen LogP contribution in [0.4, 0.5) is 5.95 Å². The molecule has 2 heterocycles. The molecule has 5 nitrogen and oxygen atoms in total. The molecule has 100 valence electrons. The zero-order valence-electron chi connectivity index (χ0n) is 11.2. The van der Waals surface area contributed by atoms with Crippen LogP contribution in [0.25, 0.3) is 0 Å². The van der Waals surface area contributed by atoms with E-state index < -0.39 is 0 Å². The highest BCUT2D eigenvalue weighted by atomic mass is 16.5. The van der Waals surface area contributed by atoms with Gasteiger partial charge in [-0.15, -0.1) is 0 Å². The van der Waals surface area contributed by atoms with Crippen LogP contribution in [0.3, 0.4) is 0 Å². The first kappa shape index (κ1) is 13.2. The third kappa shape index (κ3) is 3.40. The Labute approximate surface area is 109 Å². The van der Waals surface area contributed by atoms with Gasteiger partial charge in [0.15, 0.2) is 0 Å². The van der Waals surface area contributed by atoms with Crippen LogP contribution < -0.4 is 10.2 Å². The monoisotopic (exact) mass is 250 g/mol. The van der Waals surface area contributed by atoms with Crippen molar-refractivity contribution in [2.75, 3.05) is 31.6 Å². The second-order valence-corrected chi connectivity index (χ2v) is 4.62. The summed E-state index contributed by atoms with van der Waals surface area (Å²) in [5, 5.41) is 3.27. The van der Waals surface area contributed by atoms with Crippen LogP contribution in [-0.2, 0) is 11.3 Å². The second-order valence-electron chi connectivity index (χ2n) is 4.62. The molecule has 18 heavy (non-hydrogen) atoms. The number of rotatable bonds is 5. The molecule has 1 saturated heterocycles. The minimum atomic E-state index is 0.309. The highest BCUT2D eigenvalue weighted by Gasteiger charge is 2.21. The lowest BCUT2D eigenvalue weighted by Crippen LogP contribution is -2.40. The van der Waals surface area contributed by atoms with Crippen molar-refractivity contribution in [2.24, 2.45) is 0 Å². The standard InChI is InChI=1S/C13H22N4O/c1-3-14-7-11-8-15-13(16-9-11)17-6-4-5-12(10-17)18-2/h8-9,12,14H,3-7,10H2,1-2H3. The third-order valence-corrected chi connectivity index (χ3v) is 3.27. The first-order chi connectivity index (χ1) is 8.83. The summed E-state index contributed by atoms with van der Waals surface area (Å²) in [5.41, 5.74) is 1.13. The fourth-order valence-electron chi connectivity index (χ4n) is 2.18. The first-order valence-corrected chi connectivity index (χ1v) is 6.63. The van der Waals surface area contributed by atoms with Crippen LogP contribution in [0.1, 0.15) is 25.3 Å². The molecular weight excluding hydrogens is 228 g/mol. The largest absolute Gasteiger partial charge is 0.380 e. The van der Waals surface area contributed by atoms with Gasteiger partial charge < -0.3 is 15.0 Å². The Balaban J connectivity index is 1.96. The molecule has 0 saturated carbocycles. The highest BCUT2D eigenvalue weighted by molar-refractivity contribution is 5.30. The number of aromatic nitrogens is 2. The predicted octanol–water partition coefficient (Wildman–Crippen LogP) is 1.20. The van der Waals surface area contributed by atoms with Crippen LogP contribution in [0.5, 0.6) is 0 Å². The molecule has 1 unspecified atom stereocenters. The molecular formula is C13H22N4O. The normalized spacial score (nSPS) is 20.1. The molecule has 0 radical (unpaired) electrons. The average molecular weight is 250 g/mol. The van der Waals surface area contributed by atoms with E-state index in [1.54, 1.807) is 7.11 Å². The fourth-order valence-corrected chi connectivity index (χ4v) is 2.18. The van der Waals surface area contributed by atoms with Gasteiger partial charge in [0, 0.05) is 44.7 Å². The van der Waals surface area contributed by atoms with E-state index in [9.17, 15) is 0 Å². The number of hydrogen-bond donors (Lipinski definition) is 1. The van der Waals surface area contributed by atoms with Gasteiger partial charge in [-0.2, -0.15) is 0 Å². The van der Waals surface area contributed by atoms with Gasteiger partial charge in [0.2, 0.25) is 5.95 Å². The number of piperidine rings is 1. The molecule has 5 heteroatoms. The minimum absolute atomic E-state index is 0.309. The van der Waals surface area contributed by atoms with Crippen LogP contribution >= 0.6 is 0 Å². The lowest BCUT2D eigenvalue weighted by Gasteiger charge is -2.31. The molecule has 0 bridgehead atoms. The minimum Gasteiger partial charge on any atom is -0.380 e. The summed E-state index contributed by atoms with van der Waals surface area (Å²) in [6.07, 6.45) is 6.39. The SMILES string of the molecule is CCNCc1cnc(N2CCCC(OC)C2)nc1. The Bertz CT molecular complexity index is 355. The highest BCUT2D eigenvalue weighted by Crippen LogP contribution is 2.17. The second kappa shape index (κ2) is 6.66. The van der Waals surface area contributed by atoms with Crippen molar-refractivity contribution in [1.29, 1.82) is 0 Å². The molecule has 1 aliphatic heterocycles. The predicted molar refractivity (Wildman–Crippen MR) is 71.7 cm³/mol. The average Bonchev–Trinajstić information content (AvgIpc) is 2.46. The zero-order chi connectivity index (χ0) is 12.8. The van der Waals surface area contributed by atoms with E-state index in [0.29, 0.717) is 6.10 Å².